The SMILES string of the molecule is CC[NH+](CC)CCNC(=O)c1nc(Cn2nc(C)c(Br)c2C)no1. The van der Waals surface area contributed by atoms with Gasteiger partial charge in [-0.25, -0.2) is 0 Å². The lowest BCUT2D eigenvalue weighted by Gasteiger charge is -2.14. The average Bonchev–Trinajstić information content (AvgIpc) is 3.13. The molecule has 0 aliphatic heterocycles. The van der Waals surface area contributed by atoms with E-state index in [1.54, 1.807) is 4.68 Å². The summed E-state index contributed by atoms with van der Waals surface area (Å²) < 4.78 is 7.79. The van der Waals surface area contributed by atoms with Crippen molar-refractivity contribution < 1.29 is 14.2 Å². The number of carbonyl (C=O) groups is 1. The monoisotopic (exact) mass is 399 g/mol. The second-order valence-electron chi connectivity index (χ2n) is 5.62. The van der Waals surface area contributed by atoms with Gasteiger partial charge in [0.2, 0.25) is 0 Å². The third kappa shape index (κ3) is 4.41. The molecule has 2 aromatic rings. The molecular weight excluding hydrogens is 376 g/mol. The maximum absolute atomic E-state index is 12.0. The summed E-state index contributed by atoms with van der Waals surface area (Å²) in [6.07, 6.45) is 0. The lowest BCUT2D eigenvalue weighted by atomic mass is 10.4. The van der Waals surface area contributed by atoms with Crippen LogP contribution in [0, 0.1) is 13.8 Å². The Hall–Kier alpha value is -1.74. The van der Waals surface area contributed by atoms with Crippen LogP contribution in [-0.2, 0) is 6.54 Å². The molecule has 2 rings (SSSR count). The van der Waals surface area contributed by atoms with Crippen LogP contribution in [0.2, 0.25) is 0 Å². The Morgan fingerprint density at radius 3 is 2.62 bits per heavy atom. The number of hydrogen-bond donors (Lipinski definition) is 2. The van der Waals surface area contributed by atoms with Gasteiger partial charge >= 0.3 is 11.8 Å². The zero-order chi connectivity index (χ0) is 17.7. The minimum absolute atomic E-state index is 0.0138. The first kappa shape index (κ1) is 18.6. The van der Waals surface area contributed by atoms with Crippen molar-refractivity contribution in [2.75, 3.05) is 26.2 Å². The highest BCUT2D eigenvalue weighted by atomic mass is 79.9. The first-order valence-corrected chi connectivity index (χ1v) is 8.89. The number of halogens is 1. The number of quaternary nitrogens is 1. The molecule has 0 aliphatic rings. The van der Waals surface area contributed by atoms with Crippen LogP contribution < -0.4 is 10.2 Å². The lowest BCUT2D eigenvalue weighted by Crippen LogP contribution is -3.12. The third-order valence-corrected chi connectivity index (χ3v) is 5.16. The second kappa shape index (κ2) is 8.39. The predicted molar refractivity (Wildman–Crippen MR) is 92.0 cm³/mol. The highest BCUT2D eigenvalue weighted by Crippen LogP contribution is 2.20. The molecule has 0 atom stereocenters. The van der Waals surface area contributed by atoms with E-state index in [9.17, 15) is 4.79 Å². The van der Waals surface area contributed by atoms with Gasteiger partial charge < -0.3 is 14.7 Å². The second-order valence-corrected chi connectivity index (χ2v) is 6.41. The van der Waals surface area contributed by atoms with Crippen LogP contribution in [0.5, 0.6) is 0 Å². The van der Waals surface area contributed by atoms with Crippen molar-refractivity contribution in [2.45, 2.75) is 34.2 Å². The normalized spacial score (nSPS) is 11.2. The van der Waals surface area contributed by atoms with Gasteiger partial charge in [-0.15, -0.1) is 0 Å². The standard InChI is InChI=1S/C15H23BrN6O2/c1-5-21(6-2)8-7-17-14(23)15-18-12(20-24-15)9-22-11(4)13(16)10(3)19-22/h5-9H2,1-4H3,(H,17,23)/p+1. The molecule has 0 spiro atoms. The first-order valence-electron chi connectivity index (χ1n) is 8.10. The van der Waals surface area contributed by atoms with Gasteiger partial charge in [-0.05, 0) is 43.6 Å². The van der Waals surface area contributed by atoms with Gasteiger partial charge in [0, 0.05) is 0 Å². The molecule has 0 fully saturated rings. The van der Waals surface area contributed by atoms with E-state index in [4.69, 9.17) is 4.52 Å². The number of rotatable bonds is 8. The molecule has 0 aliphatic carbocycles. The minimum Gasteiger partial charge on any atom is -0.342 e. The van der Waals surface area contributed by atoms with Crippen molar-refractivity contribution >= 4 is 21.8 Å². The van der Waals surface area contributed by atoms with Crippen LogP contribution in [-0.4, -0.2) is 52.0 Å². The first-order chi connectivity index (χ1) is 11.5. The van der Waals surface area contributed by atoms with Crippen LogP contribution in [0.3, 0.4) is 0 Å². The number of nitrogens with zero attached hydrogens (tertiary/aromatic N) is 4. The van der Waals surface area contributed by atoms with Crippen LogP contribution in [0.1, 0.15) is 41.7 Å². The molecule has 0 unspecified atom stereocenters. The zero-order valence-electron chi connectivity index (χ0n) is 14.5. The highest BCUT2D eigenvalue weighted by molar-refractivity contribution is 9.10. The van der Waals surface area contributed by atoms with E-state index in [1.807, 2.05) is 13.8 Å². The van der Waals surface area contributed by atoms with Crippen LogP contribution in [0.25, 0.3) is 0 Å². The van der Waals surface area contributed by atoms with Crippen molar-refractivity contribution in [3.05, 3.63) is 27.6 Å². The third-order valence-electron chi connectivity index (χ3n) is 4.01. The molecule has 24 heavy (non-hydrogen) atoms. The van der Waals surface area contributed by atoms with Crippen molar-refractivity contribution in [1.29, 1.82) is 0 Å². The quantitative estimate of drug-likeness (QED) is 0.668. The number of likely N-dealkylation sites (N-methyl/N-ethyl adjacent to an activating group) is 1. The topological polar surface area (TPSA) is 90.3 Å². The van der Waals surface area contributed by atoms with E-state index >= 15 is 0 Å². The number of hydrogen-bond acceptors (Lipinski definition) is 5. The predicted octanol–water partition coefficient (Wildman–Crippen LogP) is 0.348. The van der Waals surface area contributed by atoms with Gasteiger partial charge in [-0.3, -0.25) is 9.48 Å². The number of carbonyl (C=O) groups excluding carboxylic acids is 1. The van der Waals surface area contributed by atoms with E-state index in [-0.39, 0.29) is 11.8 Å². The largest absolute Gasteiger partial charge is 0.342 e. The molecule has 0 aromatic carbocycles. The molecule has 8 nitrogen and oxygen atoms in total. The summed E-state index contributed by atoms with van der Waals surface area (Å²) in [5, 5.41) is 11.1. The maximum atomic E-state index is 12.0. The van der Waals surface area contributed by atoms with Crippen molar-refractivity contribution in [3.8, 4) is 0 Å². The molecule has 2 aromatic heterocycles. The summed E-state index contributed by atoms with van der Waals surface area (Å²) in [7, 11) is 0. The van der Waals surface area contributed by atoms with Crippen LogP contribution in [0.15, 0.2) is 9.00 Å². The highest BCUT2D eigenvalue weighted by Gasteiger charge is 2.17. The number of amides is 1. The molecule has 9 heteroatoms. The number of aryl methyl sites for hydroxylation is 1. The maximum Gasteiger partial charge on any atom is 0.316 e. The lowest BCUT2D eigenvalue weighted by molar-refractivity contribution is -0.895. The Bertz CT molecular complexity index is 692. The number of aromatic nitrogens is 4. The van der Waals surface area contributed by atoms with E-state index in [0.717, 1.165) is 35.5 Å². The van der Waals surface area contributed by atoms with Gasteiger partial charge in [-0.1, -0.05) is 5.16 Å². The minimum atomic E-state index is -0.338. The van der Waals surface area contributed by atoms with E-state index in [2.05, 4.69) is 50.3 Å². The van der Waals surface area contributed by atoms with Gasteiger partial charge in [-0.2, -0.15) is 10.1 Å². The van der Waals surface area contributed by atoms with Crippen LogP contribution in [0.4, 0.5) is 0 Å². The van der Waals surface area contributed by atoms with E-state index < -0.39 is 0 Å². The van der Waals surface area contributed by atoms with Gasteiger partial charge in [0.25, 0.3) is 0 Å². The van der Waals surface area contributed by atoms with E-state index in [0.29, 0.717) is 18.9 Å². The summed E-state index contributed by atoms with van der Waals surface area (Å²) in [5.74, 6) is 0.0719. The Morgan fingerprint density at radius 1 is 1.33 bits per heavy atom. The summed E-state index contributed by atoms with van der Waals surface area (Å²) in [4.78, 5) is 17.6. The van der Waals surface area contributed by atoms with E-state index in [1.165, 1.54) is 4.90 Å². The van der Waals surface area contributed by atoms with Crippen molar-refractivity contribution in [2.24, 2.45) is 0 Å². The summed E-state index contributed by atoms with van der Waals surface area (Å²) in [6.45, 7) is 12.0. The van der Waals surface area contributed by atoms with Gasteiger partial charge in [0.05, 0.1) is 42.0 Å². The zero-order valence-corrected chi connectivity index (χ0v) is 16.1. The summed E-state index contributed by atoms with van der Waals surface area (Å²) in [5.41, 5.74) is 1.87. The fourth-order valence-corrected chi connectivity index (χ4v) is 2.69. The Morgan fingerprint density at radius 2 is 2.04 bits per heavy atom. The molecule has 2 heterocycles. The molecule has 2 N–H and O–H groups in total. The average molecular weight is 400 g/mol. The molecule has 1 amide bonds. The smallest absolute Gasteiger partial charge is 0.316 e. The van der Waals surface area contributed by atoms with Gasteiger partial charge in [0.1, 0.15) is 6.54 Å². The van der Waals surface area contributed by atoms with Gasteiger partial charge in [0.15, 0.2) is 5.82 Å². The fraction of sp³-hybridized carbons (Fsp3) is 0.600. The van der Waals surface area contributed by atoms with Crippen LogP contribution >= 0.6 is 15.9 Å². The Kier molecular flexibility index (Phi) is 6.50. The summed E-state index contributed by atoms with van der Waals surface area (Å²) in [6, 6.07) is 0. The molecule has 0 bridgehead atoms. The summed E-state index contributed by atoms with van der Waals surface area (Å²) >= 11 is 3.48. The molecule has 132 valence electrons. The molecular formula is C15H24BrN6O2+. The molecule has 0 saturated heterocycles. The molecule has 0 radical (unpaired) electrons. The molecule has 0 saturated carbocycles. The Labute approximate surface area is 149 Å². The van der Waals surface area contributed by atoms with Crippen molar-refractivity contribution in [3.63, 3.8) is 0 Å². The Balaban J connectivity index is 1.92. The number of nitrogens with one attached hydrogen (secondary N) is 2. The van der Waals surface area contributed by atoms with Crippen molar-refractivity contribution in [1.82, 2.24) is 25.2 Å². The fourth-order valence-electron chi connectivity index (χ4n) is 2.41.